The van der Waals surface area contributed by atoms with Crippen LogP contribution in [-0.4, -0.2) is 43.4 Å². The summed E-state index contributed by atoms with van der Waals surface area (Å²) in [4.78, 5) is 12.2. The van der Waals surface area contributed by atoms with E-state index in [9.17, 15) is 4.79 Å². The van der Waals surface area contributed by atoms with Crippen LogP contribution in [0.1, 0.15) is 20.8 Å². The van der Waals surface area contributed by atoms with Gasteiger partial charge in [0.15, 0.2) is 11.5 Å². The number of ether oxygens (including phenoxy) is 2. The van der Waals surface area contributed by atoms with Crippen molar-refractivity contribution in [2.24, 2.45) is 0 Å². The molecule has 0 saturated carbocycles. The highest BCUT2D eigenvalue weighted by molar-refractivity contribution is 5.97. The number of anilines is 1. The van der Waals surface area contributed by atoms with E-state index >= 15 is 0 Å². The highest BCUT2D eigenvalue weighted by Crippen LogP contribution is 2.30. The maximum Gasteiger partial charge on any atom is 0.244 e. The van der Waals surface area contributed by atoms with Crippen LogP contribution < -0.4 is 20.1 Å². The summed E-state index contributed by atoms with van der Waals surface area (Å²) in [5.74, 6) is 0.889. The molecular weight excluding hydrogens is 272 g/mol. The highest BCUT2D eigenvalue weighted by atomic mass is 16.5. The number of aliphatic hydroxyl groups is 1. The molecule has 0 aliphatic heterocycles. The van der Waals surface area contributed by atoms with Crippen LogP contribution in [0.15, 0.2) is 18.2 Å². The van der Waals surface area contributed by atoms with E-state index in [0.29, 0.717) is 23.7 Å². The van der Waals surface area contributed by atoms with Gasteiger partial charge in [-0.25, -0.2) is 0 Å². The van der Waals surface area contributed by atoms with E-state index in [0.717, 1.165) is 0 Å². The van der Waals surface area contributed by atoms with Crippen LogP contribution in [0.25, 0.3) is 0 Å². The zero-order chi connectivity index (χ0) is 15.9. The van der Waals surface area contributed by atoms with Gasteiger partial charge in [-0.3, -0.25) is 4.79 Å². The number of benzene rings is 1. The van der Waals surface area contributed by atoms with Crippen molar-refractivity contribution in [1.29, 1.82) is 0 Å². The van der Waals surface area contributed by atoms with Gasteiger partial charge in [-0.2, -0.15) is 0 Å². The van der Waals surface area contributed by atoms with Crippen molar-refractivity contribution < 1.29 is 19.4 Å². The second kappa shape index (κ2) is 7.85. The Morgan fingerprint density at radius 3 is 2.62 bits per heavy atom. The lowest BCUT2D eigenvalue weighted by Gasteiger charge is -2.24. The average Bonchev–Trinajstić information content (AvgIpc) is 2.45. The number of amides is 1. The second-order valence-corrected chi connectivity index (χ2v) is 5.05. The number of hydrogen-bond acceptors (Lipinski definition) is 5. The van der Waals surface area contributed by atoms with Gasteiger partial charge >= 0.3 is 0 Å². The molecule has 0 radical (unpaired) electrons. The number of aliphatic hydroxyl groups excluding tert-OH is 1. The molecular formula is C15H24N2O4. The Morgan fingerprint density at radius 1 is 1.33 bits per heavy atom. The van der Waals surface area contributed by atoms with E-state index < -0.39 is 5.54 Å². The molecule has 1 amide bonds. The molecule has 0 bridgehead atoms. The minimum absolute atomic E-state index is 0.0901. The molecule has 0 aliphatic carbocycles. The van der Waals surface area contributed by atoms with E-state index in [4.69, 9.17) is 14.6 Å². The summed E-state index contributed by atoms with van der Waals surface area (Å²) < 4.78 is 10.6. The molecule has 0 spiro atoms. The summed E-state index contributed by atoms with van der Waals surface area (Å²) in [6, 6.07) is 5.13. The fourth-order valence-corrected chi connectivity index (χ4v) is 1.83. The van der Waals surface area contributed by atoms with Gasteiger partial charge in [0, 0.05) is 11.8 Å². The first-order chi connectivity index (χ1) is 9.94. The quantitative estimate of drug-likeness (QED) is 0.675. The lowest BCUT2D eigenvalue weighted by atomic mass is 10.0. The number of carbonyl (C=O) groups is 1. The Hall–Kier alpha value is -1.79. The van der Waals surface area contributed by atoms with Gasteiger partial charge in [-0.05, 0) is 32.5 Å². The van der Waals surface area contributed by atoms with Crippen LogP contribution in [-0.2, 0) is 4.79 Å². The lowest BCUT2D eigenvalue weighted by molar-refractivity contribution is -0.121. The molecule has 0 aliphatic rings. The minimum atomic E-state index is -0.666. The topological polar surface area (TPSA) is 79.8 Å². The van der Waals surface area contributed by atoms with Gasteiger partial charge in [0.1, 0.15) is 6.61 Å². The summed E-state index contributed by atoms with van der Waals surface area (Å²) >= 11 is 0. The number of likely N-dealkylation sites (N-methyl/N-ethyl adjacent to an activating group) is 1. The molecule has 0 aromatic heterocycles. The van der Waals surface area contributed by atoms with Crippen molar-refractivity contribution >= 4 is 11.6 Å². The molecule has 6 heteroatoms. The normalized spacial score (nSPS) is 11.1. The summed E-state index contributed by atoms with van der Waals surface area (Å²) in [5, 5.41) is 14.8. The first kappa shape index (κ1) is 17.3. The van der Waals surface area contributed by atoms with E-state index in [2.05, 4.69) is 10.6 Å². The largest absolute Gasteiger partial charge is 0.493 e. The van der Waals surface area contributed by atoms with E-state index in [1.54, 1.807) is 18.2 Å². The molecule has 1 aromatic rings. The lowest BCUT2D eigenvalue weighted by Crippen LogP contribution is -2.49. The molecule has 1 rings (SSSR count). The van der Waals surface area contributed by atoms with E-state index in [1.165, 1.54) is 7.11 Å². The number of hydrogen-bond donors (Lipinski definition) is 3. The fourth-order valence-electron chi connectivity index (χ4n) is 1.83. The predicted octanol–water partition coefficient (Wildman–Crippen LogP) is 1.39. The zero-order valence-corrected chi connectivity index (χ0v) is 13.0. The molecule has 0 unspecified atom stereocenters. The van der Waals surface area contributed by atoms with Gasteiger partial charge in [0.2, 0.25) is 5.91 Å². The van der Waals surface area contributed by atoms with Crippen LogP contribution in [0.2, 0.25) is 0 Å². The third-order valence-corrected chi connectivity index (χ3v) is 2.96. The Balaban J connectivity index is 2.86. The Kier molecular flexibility index (Phi) is 6.45. The molecule has 0 atom stereocenters. The van der Waals surface area contributed by atoms with Crippen molar-refractivity contribution in [2.75, 3.05) is 32.2 Å². The highest BCUT2D eigenvalue weighted by Gasteiger charge is 2.26. The van der Waals surface area contributed by atoms with E-state index in [1.807, 2.05) is 20.8 Å². The molecule has 6 nitrogen and oxygen atoms in total. The SMILES string of the molecule is CCNC(C)(C)C(=O)Nc1ccc(OC)c(OCCO)c1. The number of carbonyl (C=O) groups excluding carboxylic acids is 1. The van der Waals surface area contributed by atoms with Crippen LogP contribution in [0.4, 0.5) is 5.69 Å². The van der Waals surface area contributed by atoms with Crippen molar-refractivity contribution in [3.05, 3.63) is 18.2 Å². The molecule has 0 saturated heterocycles. The smallest absolute Gasteiger partial charge is 0.244 e. The Labute approximate surface area is 125 Å². The van der Waals surface area contributed by atoms with Crippen molar-refractivity contribution in [1.82, 2.24) is 5.32 Å². The maximum absolute atomic E-state index is 12.2. The fraction of sp³-hybridized carbons (Fsp3) is 0.533. The summed E-state index contributed by atoms with van der Waals surface area (Å²) in [6.45, 7) is 6.36. The molecule has 0 heterocycles. The number of methoxy groups -OCH3 is 1. The monoisotopic (exact) mass is 296 g/mol. The van der Waals surface area contributed by atoms with Crippen LogP contribution in [0, 0.1) is 0 Å². The van der Waals surface area contributed by atoms with Gasteiger partial charge in [-0.15, -0.1) is 0 Å². The average molecular weight is 296 g/mol. The number of nitrogens with one attached hydrogen (secondary N) is 2. The van der Waals surface area contributed by atoms with Gasteiger partial charge in [0.05, 0.1) is 19.3 Å². The van der Waals surface area contributed by atoms with E-state index in [-0.39, 0.29) is 19.1 Å². The van der Waals surface area contributed by atoms with Crippen LogP contribution >= 0.6 is 0 Å². The third-order valence-electron chi connectivity index (χ3n) is 2.96. The second-order valence-electron chi connectivity index (χ2n) is 5.05. The maximum atomic E-state index is 12.2. The molecule has 1 aromatic carbocycles. The molecule has 21 heavy (non-hydrogen) atoms. The zero-order valence-electron chi connectivity index (χ0n) is 13.0. The molecule has 0 fully saturated rings. The molecule has 118 valence electrons. The van der Waals surface area contributed by atoms with Gasteiger partial charge in [0.25, 0.3) is 0 Å². The summed E-state index contributed by atoms with van der Waals surface area (Å²) in [5.41, 5.74) is -0.0550. The standard InChI is InChI=1S/C15H24N2O4/c1-5-16-15(2,3)14(19)17-11-6-7-12(20-4)13(10-11)21-9-8-18/h6-7,10,16,18H,5,8-9H2,1-4H3,(H,17,19). The van der Waals surface area contributed by atoms with Gasteiger partial charge < -0.3 is 25.2 Å². The first-order valence-corrected chi connectivity index (χ1v) is 6.92. The van der Waals surface area contributed by atoms with Crippen molar-refractivity contribution in [2.45, 2.75) is 26.3 Å². The van der Waals surface area contributed by atoms with Gasteiger partial charge in [-0.1, -0.05) is 6.92 Å². The predicted molar refractivity (Wildman–Crippen MR) is 82.0 cm³/mol. The number of rotatable bonds is 8. The minimum Gasteiger partial charge on any atom is -0.493 e. The molecule has 3 N–H and O–H groups in total. The Morgan fingerprint density at radius 2 is 2.05 bits per heavy atom. The third kappa shape index (κ3) is 4.91. The van der Waals surface area contributed by atoms with Crippen LogP contribution in [0.3, 0.4) is 0 Å². The first-order valence-electron chi connectivity index (χ1n) is 6.92. The summed E-state index contributed by atoms with van der Waals surface area (Å²) in [6.07, 6.45) is 0. The Bertz CT molecular complexity index is 475. The van der Waals surface area contributed by atoms with Crippen molar-refractivity contribution in [3.63, 3.8) is 0 Å². The summed E-state index contributed by atoms with van der Waals surface area (Å²) in [7, 11) is 1.54. The van der Waals surface area contributed by atoms with Crippen LogP contribution in [0.5, 0.6) is 11.5 Å². The van der Waals surface area contributed by atoms with Crippen molar-refractivity contribution in [3.8, 4) is 11.5 Å².